The van der Waals surface area contributed by atoms with Crippen molar-refractivity contribution >= 4 is 5.97 Å². The van der Waals surface area contributed by atoms with E-state index in [1.165, 1.54) is 7.11 Å². The quantitative estimate of drug-likeness (QED) is 0.543. The summed E-state index contributed by atoms with van der Waals surface area (Å²) >= 11 is 0. The minimum atomic E-state index is -0.526. The van der Waals surface area contributed by atoms with Gasteiger partial charge in [-0.05, 0) is 30.6 Å². The van der Waals surface area contributed by atoms with Gasteiger partial charge < -0.3 is 9.84 Å². The van der Waals surface area contributed by atoms with Crippen molar-refractivity contribution < 1.29 is 14.6 Å². The number of hydrogen-bond acceptors (Lipinski definition) is 3. The van der Waals surface area contributed by atoms with Crippen molar-refractivity contribution in [3.8, 4) is 0 Å². The van der Waals surface area contributed by atoms with Crippen molar-refractivity contribution in [2.75, 3.05) is 7.11 Å². The lowest BCUT2D eigenvalue weighted by atomic mass is 9.87. The molecule has 1 saturated carbocycles. The van der Waals surface area contributed by atoms with Crippen LogP contribution in [0.2, 0.25) is 0 Å². The molecule has 3 heteroatoms. The molecule has 78 valence electrons. The normalized spacial score (nSPS) is 36.0. The molecule has 0 aromatic heterocycles. The molecular weight excluding hydrogens is 180 g/mol. The van der Waals surface area contributed by atoms with E-state index in [4.69, 9.17) is 0 Å². The number of rotatable bonds is 3. The first kappa shape index (κ1) is 9.71. The standard InChI is InChI=1S/C11H16O3/c1-14-11(13)6-10(12)9-5-7-2-3-8(9)4-7/h2-3,7-10,12H,4-6H2,1H3/t7?,8?,9?,10-/m0/s1. The highest BCUT2D eigenvalue weighted by molar-refractivity contribution is 5.69. The van der Waals surface area contributed by atoms with Gasteiger partial charge in [0.15, 0.2) is 0 Å². The molecule has 2 aliphatic carbocycles. The number of allylic oxidation sites excluding steroid dienone is 2. The molecular formula is C11H16O3. The van der Waals surface area contributed by atoms with Gasteiger partial charge >= 0.3 is 5.97 Å². The Bertz CT molecular complexity index is 259. The summed E-state index contributed by atoms with van der Waals surface area (Å²) in [6.45, 7) is 0. The second-order valence-electron chi connectivity index (χ2n) is 4.29. The van der Waals surface area contributed by atoms with E-state index in [1.54, 1.807) is 0 Å². The molecule has 2 bridgehead atoms. The average molecular weight is 196 g/mol. The van der Waals surface area contributed by atoms with Crippen LogP contribution in [-0.4, -0.2) is 24.3 Å². The van der Waals surface area contributed by atoms with Crippen LogP contribution in [0.25, 0.3) is 0 Å². The van der Waals surface area contributed by atoms with E-state index in [0.717, 1.165) is 12.8 Å². The molecule has 0 radical (unpaired) electrons. The van der Waals surface area contributed by atoms with E-state index in [9.17, 15) is 9.90 Å². The third-order valence-electron chi connectivity index (χ3n) is 3.43. The van der Waals surface area contributed by atoms with Gasteiger partial charge in [-0.15, -0.1) is 0 Å². The number of hydrogen-bond donors (Lipinski definition) is 1. The number of carbonyl (C=O) groups excluding carboxylic acids is 1. The topological polar surface area (TPSA) is 46.5 Å². The second-order valence-corrected chi connectivity index (χ2v) is 4.29. The highest BCUT2D eigenvalue weighted by Crippen LogP contribution is 2.45. The van der Waals surface area contributed by atoms with Crippen LogP contribution in [0.1, 0.15) is 19.3 Å². The van der Waals surface area contributed by atoms with Gasteiger partial charge in [-0.2, -0.15) is 0 Å². The maximum Gasteiger partial charge on any atom is 0.308 e. The zero-order chi connectivity index (χ0) is 10.1. The fraction of sp³-hybridized carbons (Fsp3) is 0.727. The molecule has 1 fully saturated rings. The molecule has 1 N–H and O–H groups in total. The molecule has 0 aliphatic heterocycles. The number of ether oxygens (including phenoxy) is 1. The summed E-state index contributed by atoms with van der Waals surface area (Å²) < 4.78 is 4.54. The van der Waals surface area contributed by atoms with Gasteiger partial charge in [0.25, 0.3) is 0 Å². The molecule has 2 rings (SSSR count). The Labute approximate surface area is 83.8 Å². The molecule has 0 amide bonds. The molecule has 0 aromatic carbocycles. The number of carbonyl (C=O) groups is 1. The Morgan fingerprint density at radius 3 is 2.86 bits per heavy atom. The van der Waals surface area contributed by atoms with Crippen LogP contribution in [0.5, 0.6) is 0 Å². The SMILES string of the molecule is COC(=O)C[C@H](O)C1CC2C=CC1C2. The van der Waals surface area contributed by atoms with E-state index in [1.807, 2.05) is 0 Å². The van der Waals surface area contributed by atoms with Gasteiger partial charge in [-0.1, -0.05) is 12.2 Å². The third kappa shape index (κ3) is 1.69. The lowest BCUT2D eigenvalue weighted by Crippen LogP contribution is -2.27. The highest BCUT2D eigenvalue weighted by Gasteiger charge is 2.39. The second kappa shape index (κ2) is 3.73. The first-order valence-electron chi connectivity index (χ1n) is 5.14. The number of methoxy groups -OCH3 is 1. The number of aliphatic hydroxyl groups excluding tert-OH is 1. The Morgan fingerprint density at radius 2 is 2.36 bits per heavy atom. The van der Waals surface area contributed by atoms with Crippen LogP contribution in [-0.2, 0) is 9.53 Å². The Kier molecular flexibility index (Phi) is 2.59. The van der Waals surface area contributed by atoms with Crippen LogP contribution in [0, 0.1) is 17.8 Å². The number of fused-ring (bicyclic) bond motifs is 2. The molecule has 3 unspecified atom stereocenters. The summed E-state index contributed by atoms with van der Waals surface area (Å²) in [4.78, 5) is 11.0. The van der Waals surface area contributed by atoms with Gasteiger partial charge in [-0.3, -0.25) is 4.79 Å². The zero-order valence-electron chi connectivity index (χ0n) is 8.35. The van der Waals surface area contributed by atoms with Gasteiger partial charge in [0.1, 0.15) is 0 Å². The van der Waals surface area contributed by atoms with E-state index >= 15 is 0 Å². The van der Waals surface area contributed by atoms with E-state index in [0.29, 0.717) is 11.8 Å². The van der Waals surface area contributed by atoms with Gasteiger partial charge in [0.05, 0.1) is 19.6 Å². The smallest absolute Gasteiger partial charge is 0.308 e. The van der Waals surface area contributed by atoms with Crippen LogP contribution in [0.4, 0.5) is 0 Å². The van der Waals surface area contributed by atoms with Gasteiger partial charge in [-0.25, -0.2) is 0 Å². The van der Waals surface area contributed by atoms with Crippen molar-refractivity contribution in [2.45, 2.75) is 25.4 Å². The molecule has 14 heavy (non-hydrogen) atoms. The highest BCUT2D eigenvalue weighted by atomic mass is 16.5. The maximum atomic E-state index is 11.0. The summed E-state index contributed by atoms with van der Waals surface area (Å²) in [6.07, 6.45) is 6.20. The van der Waals surface area contributed by atoms with Gasteiger partial charge in [0, 0.05) is 0 Å². The Morgan fingerprint density at radius 1 is 1.57 bits per heavy atom. The summed E-state index contributed by atoms with van der Waals surface area (Å²) in [7, 11) is 1.36. The zero-order valence-corrected chi connectivity index (χ0v) is 8.35. The van der Waals surface area contributed by atoms with Crippen molar-refractivity contribution in [2.24, 2.45) is 17.8 Å². The first-order valence-corrected chi connectivity index (χ1v) is 5.14. The molecule has 0 spiro atoms. The Hall–Kier alpha value is -0.830. The lowest BCUT2D eigenvalue weighted by molar-refractivity contribution is -0.143. The monoisotopic (exact) mass is 196 g/mol. The van der Waals surface area contributed by atoms with Crippen LogP contribution in [0.15, 0.2) is 12.2 Å². The summed E-state index contributed by atoms with van der Waals surface area (Å²) in [5.41, 5.74) is 0. The third-order valence-corrected chi connectivity index (χ3v) is 3.43. The van der Waals surface area contributed by atoms with Crippen molar-refractivity contribution in [1.82, 2.24) is 0 Å². The van der Waals surface area contributed by atoms with Crippen LogP contribution >= 0.6 is 0 Å². The fourth-order valence-electron chi connectivity index (χ4n) is 2.67. The van der Waals surface area contributed by atoms with Crippen molar-refractivity contribution in [3.05, 3.63) is 12.2 Å². The van der Waals surface area contributed by atoms with Crippen molar-refractivity contribution in [1.29, 1.82) is 0 Å². The predicted molar refractivity (Wildman–Crippen MR) is 51.5 cm³/mol. The van der Waals surface area contributed by atoms with E-state index in [-0.39, 0.29) is 18.3 Å². The van der Waals surface area contributed by atoms with E-state index in [2.05, 4.69) is 16.9 Å². The van der Waals surface area contributed by atoms with E-state index < -0.39 is 6.10 Å². The van der Waals surface area contributed by atoms with Crippen molar-refractivity contribution in [3.63, 3.8) is 0 Å². The first-order chi connectivity index (χ1) is 6.70. The summed E-state index contributed by atoms with van der Waals surface area (Å²) in [6, 6.07) is 0. The summed E-state index contributed by atoms with van der Waals surface area (Å²) in [5.74, 6) is 1.07. The largest absolute Gasteiger partial charge is 0.469 e. The number of esters is 1. The summed E-state index contributed by atoms with van der Waals surface area (Å²) in [5, 5.41) is 9.84. The van der Waals surface area contributed by atoms with Gasteiger partial charge in [0.2, 0.25) is 0 Å². The minimum Gasteiger partial charge on any atom is -0.469 e. The Balaban J connectivity index is 1.90. The maximum absolute atomic E-state index is 11.0. The number of aliphatic hydroxyl groups is 1. The molecule has 0 heterocycles. The fourth-order valence-corrected chi connectivity index (χ4v) is 2.67. The van der Waals surface area contributed by atoms with Crippen LogP contribution < -0.4 is 0 Å². The molecule has 2 aliphatic rings. The molecule has 0 saturated heterocycles. The predicted octanol–water partition coefficient (Wildman–Crippen LogP) is 1.12. The van der Waals surface area contributed by atoms with Crippen LogP contribution in [0.3, 0.4) is 0 Å². The molecule has 0 aromatic rings. The average Bonchev–Trinajstić information content (AvgIpc) is 2.78. The minimum absolute atomic E-state index is 0.137. The molecule has 3 nitrogen and oxygen atoms in total. The lowest BCUT2D eigenvalue weighted by Gasteiger charge is -2.23. The molecule has 4 atom stereocenters.